The van der Waals surface area contributed by atoms with Gasteiger partial charge in [-0.15, -0.1) is 0 Å². The molecule has 0 atom stereocenters. The van der Waals surface area contributed by atoms with Crippen molar-refractivity contribution >= 4 is 11.7 Å². The summed E-state index contributed by atoms with van der Waals surface area (Å²) in [5.74, 6) is -0.470. The Kier molecular flexibility index (Phi) is 4.31. The lowest BCUT2D eigenvalue weighted by Gasteiger charge is -2.02. The number of aryl methyl sites for hydroxylation is 2. The van der Waals surface area contributed by atoms with Gasteiger partial charge in [0, 0.05) is 19.3 Å². The van der Waals surface area contributed by atoms with Gasteiger partial charge in [0.1, 0.15) is 5.69 Å². The average molecular weight is 292 g/mol. The molecule has 0 fully saturated rings. The van der Waals surface area contributed by atoms with Gasteiger partial charge in [-0.3, -0.25) is 9.48 Å². The Balaban J connectivity index is 1.89. The lowest BCUT2D eigenvalue weighted by atomic mass is 10.4. The topological polar surface area (TPSA) is 108 Å². The first-order valence-corrected chi connectivity index (χ1v) is 6.51. The SMILES string of the molecule is CCn1ccc(C(=O)NCCn2nc([N+](=O)[O-])cc2C)n1. The third kappa shape index (κ3) is 3.44. The zero-order valence-electron chi connectivity index (χ0n) is 11.8. The maximum atomic E-state index is 11.8. The highest BCUT2D eigenvalue weighted by Crippen LogP contribution is 2.10. The second kappa shape index (κ2) is 6.16. The number of aromatic nitrogens is 4. The number of amides is 1. The van der Waals surface area contributed by atoms with Crippen LogP contribution in [0.15, 0.2) is 18.3 Å². The van der Waals surface area contributed by atoms with E-state index in [2.05, 4.69) is 15.5 Å². The van der Waals surface area contributed by atoms with E-state index in [1.165, 1.54) is 10.7 Å². The van der Waals surface area contributed by atoms with E-state index in [1.807, 2.05) is 6.92 Å². The molecule has 0 saturated heterocycles. The van der Waals surface area contributed by atoms with Crippen molar-refractivity contribution in [1.82, 2.24) is 24.9 Å². The Bertz CT molecular complexity index is 660. The molecule has 0 aliphatic rings. The molecule has 2 heterocycles. The van der Waals surface area contributed by atoms with Gasteiger partial charge in [-0.2, -0.15) is 9.78 Å². The summed E-state index contributed by atoms with van der Waals surface area (Å²) in [6.45, 7) is 5.04. The standard InChI is InChI=1S/C12H16N6O3/c1-3-16-6-4-10(14-16)12(19)13-5-7-17-9(2)8-11(15-17)18(20)21/h4,6,8H,3,5,7H2,1-2H3,(H,13,19). The summed E-state index contributed by atoms with van der Waals surface area (Å²) < 4.78 is 3.15. The molecule has 2 aromatic heterocycles. The van der Waals surface area contributed by atoms with Gasteiger partial charge in [0.2, 0.25) is 0 Å². The van der Waals surface area contributed by atoms with Gasteiger partial charge in [-0.1, -0.05) is 0 Å². The lowest BCUT2D eigenvalue weighted by molar-refractivity contribution is -0.389. The fraction of sp³-hybridized carbons (Fsp3) is 0.417. The molecular formula is C12H16N6O3. The lowest BCUT2D eigenvalue weighted by Crippen LogP contribution is -2.28. The maximum Gasteiger partial charge on any atom is 0.390 e. The maximum absolute atomic E-state index is 11.8. The fourth-order valence-electron chi connectivity index (χ4n) is 1.83. The summed E-state index contributed by atoms with van der Waals surface area (Å²) in [5.41, 5.74) is 1.02. The van der Waals surface area contributed by atoms with Crippen LogP contribution in [0.4, 0.5) is 5.82 Å². The second-order valence-corrected chi connectivity index (χ2v) is 4.44. The number of hydrogen-bond donors (Lipinski definition) is 1. The molecule has 2 rings (SSSR count). The number of hydrogen-bond acceptors (Lipinski definition) is 5. The molecule has 9 nitrogen and oxygen atoms in total. The third-order valence-electron chi connectivity index (χ3n) is 2.96. The molecule has 0 radical (unpaired) electrons. The van der Waals surface area contributed by atoms with Crippen molar-refractivity contribution in [1.29, 1.82) is 0 Å². The van der Waals surface area contributed by atoms with Crippen LogP contribution in [0.3, 0.4) is 0 Å². The van der Waals surface area contributed by atoms with E-state index >= 15 is 0 Å². The van der Waals surface area contributed by atoms with Gasteiger partial charge in [-0.25, -0.2) is 0 Å². The van der Waals surface area contributed by atoms with E-state index in [-0.39, 0.29) is 11.7 Å². The predicted molar refractivity (Wildman–Crippen MR) is 73.9 cm³/mol. The third-order valence-corrected chi connectivity index (χ3v) is 2.96. The fourth-order valence-corrected chi connectivity index (χ4v) is 1.83. The summed E-state index contributed by atoms with van der Waals surface area (Å²) in [4.78, 5) is 21.9. The number of nitrogens with one attached hydrogen (secondary N) is 1. The first kappa shape index (κ1) is 14.7. The van der Waals surface area contributed by atoms with Crippen LogP contribution in [0.2, 0.25) is 0 Å². The van der Waals surface area contributed by atoms with Gasteiger partial charge in [0.05, 0.1) is 23.4 Å². The number of carbonyl (C=O) groups is 1. The highest BCUT2D eigenvalue weighted by Gasteiger charge is 2.15. The summed E-state index contributed by atoms with van der Waals surface area (Å²) in [6.07, 6.45) is 1.73. The monoisotopic (exact) mass is 292 g/mol. The molecule has 0 aromatic carbocycles. The Hall–Kier alpha value is -2.71. The Labute approximate surface area is 120 Å². The quantitative estimate of drug-likeness (QED) is 0.624. The van der Waals surface area contributed by atoms with E-state index in [9.17, 15) is 14.9 Å². The van der Waals surface area contributed by atoms with Crippen molar-refractivity contribution in [3.63, 3.8) is 0 Å². The molecule has 0 bridgehead atoms. The van der Waals surface area contributed by atoms with Crippen molar-refractivity contribution in [2.75, 3.05) is 6.54 Å². The average Bonchev–Trinajstić information content (AvgIpc) is 3.06. The van der Waals surface area contributed by atoms with Gasteiger partial charge in [0.15, 0.2) is 0 Å². The molecule has 1 N–H and O–H groups in total. The number of carbonyl (C=O) groups excluding carboxylic acids is 1. The number of nitrogens with zero attached hydrogens (tertiary/aromatic N) is 5. The zero-order valence-corrected chi connectivity index (χ0v) is 11.8. The van der Waals surface area contributed by atoms with E-state index in [4.69, 9.17) is 0 Å². The Morgan fingerprint density at radius 1 is 1.48 bits per heavy atom. The van der Waals surface area contributed by atoms with Crippen LogP contribution < -0.4 is 5.32 Å². The first-order chi connectivity index (χ1) is 10.0. The van der Waals surface area contributed by atoms with Crippen LogP contribution in [0, 0.1) is 17.0 Å². The van der Waals surface area contributed by atoms with E-state index in [0.717, 1.165) is 0 Å². The zero-order chi connectivity index (χ0) is 15.4. The predicted octanol–water partition coefficient (Wildman–Crippen LogP) is 0.746. The molecule has 112 valence electrons. The minimum absolute atomic E-state index is 0.194. The Morgan fingerprint density at radius 3 is 2.81 bits per heavy atom. The molecule has 0 aliphatic heterocycles. The van der Waals surface area contributed by atoms with Crippen LogP contribution >= 0.6 is 0 Å². The van der Waals surface area contributed by atoms with Crippen molar-refractivity contribution < 1.29 is 9.72 Å². The van der Waals surface area contributed by atoms with E-state index in [1.54, 1.807) is 23.9 Å². The summed E-state index contributed by atoms with van der Waals surface area (Å²) in [6, 6.07) is 3.04. The Morgan fingerprint density at radius 2 is 2.24 bits per heavy atom. The van der Waals surface area contributed by atoms with Gasteiger partial charge < -0.3 is 15.4 Å². The molecular weight excluding hydrogens is 276 g/mol. The largest absolute Gasteiger partial charge is 0.390 e. The molecule has 9 heteroatoms. The van der Waals surface area contributed by atoms with Gasteiger partial charge >= 0.3 is 5.82 Å². The molecule has 21 heavy (non-hydrogen) atoms. The highest BCUT2D eigenvalue weighted by atomic mass is 16.6. The molecule has 0 unspecified atom stereocenters. The number of rotatable bonds is 6. The summed E-state index contributed by atoms with van der Waals surface area (Å²) in [5, 5.41) is 21.3. The molecule has 0 spiro atoms. The molecule has 0 aliphatic carbocycles. The van der Waals surface area contributed by atoms with E-state index < -0.39 is 4.92 Å². The van der Waals surface area contributed by atoms with E-state index in [0.29, 0.717) is 31.0 Å². The minimum Gasteiger partial charge on any atom is -0.358 e. The highest BCUT2D eigenvalue weighted by molar-refractivity contribution is 5.92. The van der Waals surface area contributed by atoms with Crippen LogP contribution in [0.5, 0.6) is 0 Å². The van der Waals surface area contributed by atoms with Gasteiger partial charge in [-0.05, 0) is 24.8 Å². The summed E-state index contributed by atoms with van der Waals surface area (Å²) >= 11 is 0. The van der Waals surface area contributed by atoms with Crippen LogP contribution in [-0.4, -0.2) is 36.9 Å². The number of nitro groups is 1. The smallest absolute Gasteiger partial charge is 0.358 e. The van der Waals surface area contributed by atoms with Gasteiger partial charge in [0.25, 0.3) is 5.91 Å². The van der Waals surface area contributed by atoms with Crippen LogP contribution in [0.1, 0.15) is 23.1 Å². The molecule has 2 aromatic rings. The molecule has 0 saturated carbocycles. The van der Waals surface area contributed by atoms with Crippen molar-refractivity contribution in [2.45, 2.75) is 26.9 Å². The first-order valence-electron chi connectivity index (χ1n) is 6.51. The van der Waals surface area contributed by atoms with Crippen molar-refractivity contribution in [3.8, 4) is 0 Å². The normalized spacial score (nSPS) is 10.6. The minimum atomic E-state index is -0.542. The molecule has 1 amide bonds. The summed E-state index contributed by atoms with van der Waals surface area (Å²) in [7, 11) is 0. The van der Waals surface area contributed by atoms with Crippen molar-refractivity contribution in [3.05, 3.63) is 39.8 Å². The van der Waals surface area contributed by atoms with Crippen molar-refractivity contribution in [2.24, 2.45) is 0 Å². The van der Waals surface area contributed by atoms with Crippen LogP contribution in [-0.2, 0) is 13.1 Å². The second-order valence-electron chi connectivity index (χ2n) is 4.44. The van der Waals surface area contributed by atoms with Crippen LogP contribution in [0.25, 0.3) is 0 Å².